The Hall–Kier alpha value is -0.860. The molecule has 0 bridgehead atoms. The van der Waals surface area contributed by atoms with Crippen molar-refractivity contribution in [2.45, 2.75) is 25.4 Å². The van der Waals surface area contributed by atoms with Crippen LogP contribution in [0.25, 0.3) is 0 Å². The first-order valence-corrected chi connectivity index (χ1v) is 5.61. The van der Waals surface area contributed by atoms with E-state index in [1.165, 1.54) is 17.5 Å². The van der Waals surface area contributed by atoms with Gasteiger partial charge in [-0.25, -0.2) is 0 Å². The van der Waals surface area contributed by atoms with Crippen LogP contribution < -0.4 is 5.32 Å². The van der Waals surface area contributed by atoms with E-state index >= 15 is 0 Å². The zero-order valence-electron chi connectivity index (χ0n) is 9.49. The molecule has 1 aromatic rings. The van der Waals surface area contributed by atoms with Gasteiger partial charge in [-0.1, -0.05) is 29.8 Å². The van der Waals surface area contributed by atoms with Crippen LogP contribution in [-0.2, 0) is 4.74 Å². The summed E-state index contributed by atoms with van der Waals surface area (Å²) in [6.45, 7) is 4.21. The number of methoxy groups -OCH3 is 1. The number of benzene rings is 1. The first-order chi connectivity index (χ1) is 7.31. The van der Waals surface area contributed by atoms with Gasteiger partial charge in [-0.2, -0.15) is 0 Å². The smallest absolute Gasteiger partial charge is 0.0764 e. The molecule has 2 heteroatoms. The fourth-order valence-corrected chi connectivity index (χ4v) is 2.36. The van der Waals surface area contributed by atoms with Gasteiger partial charge in [0, 0.05) is 19.6 Å². The van der Waals surface area contributed by atoms with Crippen molar-refractivity contribution in [2.24, 2.45) is 0 Å². The topological polar surface area (TPSA) is 21.3 Å². The van der Waals surface area contributed by atoms with E-state index in [1.54, 1.807) is 7.11 Å². The summed E-state index contributed by atoms with van der Waals surface area (Å²) >= 11 is 0. The zero-order valence-corrected chi connectivity index (χ0v) is 9.49. The summed E-state index contributed by atoms with van der Waals surface area (Å²) in [6, 6.07) is 8.78. The Balaban J connectivity index is 2.20. The van der Waals surface area contributed by atoms with Gasteiger partial charge in [0.2, 0.25) is 0 Å². The molecule has 0 saturated carbocycles. The molecule has 15 heavy (non-hydrogen) atoms. The van der Waals surface area contributed by atoms with Crippen molar-refractivity contribution in [1.29, 1.82) is 0 Å². The molecule has 82 valence electrons. The minimum absolute atomic E-state index is 0.320. The van der Waals surface area contributed by atoms with Crippen molar-refractivity contribution in [3.05, 3.63) is 35.4 Å². The number of piperidine rings is 1. The molecule has 1 aromatic carbocycles. The molecular formula is C13H19NO. The maximum absolute atomic E-state index is 5.54. The molecule has 2 nitrogen and oxygen atoms in total. The summed E-state index contributed by atoms with van der Waals surface area (Å²) in [5.41, 5.74) is 2.75. The van der Waals surface area contributed by atoms with Gasteiger partial charge in [0.1, 0.15) is 0 Å². The van der Waals surface area contributed by atoms with Gasteiger partial charge in [0.05, 0.1) is 6.10 Å². The van der Waals surface area contributed by atoms with Crippen molar-refractivity contribution >= 4 is 0 Å². The molecule has 1 heterocycles. The number of hydrogen-bond acceptors (Lipinski definition) is 2. The highest BCUT2D eigenvalue weighted by atomic mass is 16.5. The lowest BCUT2D eigenvalue weighted by atomic mass is 9.87. The highest BCUT2D eigenvalue weighted by Crippen LogP contribution is 2.27. The molecule has 0 unspecified atom stereocenters. The quantitative estimate of drug-likeness (QED) is 0.798. The third-order valence-electron chi connectivity index (χ3n) is 3.20. The van der Waals surface area contributed by atoms with Gasteiger partial charge in [-0.05, 0) is 25.5 Å². The van der Waals surface area contributed by atoms with Crippen molar-refractivity contribution in [3.63, 3.8) is 0 Å². The zero-order chi connectivity index (χ0) is 10.7. The fourth-order valence-electron chi connectivity index (χ4n) is 2.36. The molecular weight excluding hydrogens is 186 g/mol. The predicted molar refractivity (Wildman–Crippen MR) is 62.2 cm³/mol. The monoisotopic (exact) mass is 205 g/mol. The average molecular weight is 205 g/mol. The minimum atomic E-state index is 0.320. The maximum atomic E-state index is 5.54. The SMILES string of the molecule is CO[C@@H]1CNCC[C@H]1c1cccc(C)c1. The Morgan fingerprint density at radius 2 is 2.27 bits per heavy atom. The minimum Gasteiger partial charge on any atom is -0.379 e. The van der Waals surface area contributed by atoms with Crippen LogP contribution >= 0.6 is 0 Å². The molecule has 0 aliphatic carbocycles. The Morgan fingerprint density at radius 3 is 3.00 bits per heavy atom. The summed E-state index contributed by atoms with van der Waals surface area (Å²) < 4.78 is 5.54. The van der Waals surface area contributed by atoms with Gasteiger partial charge >= 0.3 is 0 Å². The Bertz CT molecular complexity index is 324. The highest BCUT2D eigenvalue weighted by Gasteiger charge is 2.25. The van der Waals surface area contributed by atoms with E-state index in [0.717, 1.165) is 13.1 Å². The van der Waals surface area contributed by atoms with Crippen LogP contribution in [0.5, 0.6) is 0 Å². The van der Waals surface area contributed by atoms with Crippen molar-refractivity contribution in [2.75, 3.05) is 20.2 Å². The Morgan fingerprint density at radius 1 is 1.40 bits per heavy atom. The van der Waals surface area contributed by atoms with Crippen LogP contribution in [0.2, 0.25) is 0 Å². The number of ether oxygens (including phenoxy) is 1. The number of nitrogens with one attached hydrogen (secondary N) is 1. The van der Waals surface area contributed by atoms with Crippen LogP contribution in [0.4, 0.5) is 0 Å². The van der Waals surface area contributed by atoms with E-state index in [4.69, 9.17) is 4.74 Å². The van der Waals surface area contributed by atoms with Gasteiger partial charge in [-0.3, -0.25) is 0 Å². The lowest BCUT2D eigenvalue weighted by molar-refractivity contribution is 0.0625. The van der Waals surface area contributed by atoms with Crippen LogP contribution in [0.3, 0.4) is 0 Å². The number of hydrogen-bond donors (Lipinski definition) is 1. The summed E-state index contributed by atoms with van der Waals surface area (Å²) in [6.07, 6.45) is 1.49. The summed E-state index contributed by atoms with van der Waals surface area (Å²) in [7, 11) is 1.81. The third-order valence-corrected chi connectivity index (χ3v) is 3.20. The number of rotatable bonds is 2. The molecule has 1 N–H and O–H groups in total. The standard InChI is InChI=1S/C13H19NO/c1-10-4-3-5-11(8-10)12-6-7-14-9-13(12)15-2/h3-5,8,12-14H,6-7,9H2,1-2H3/t12-,13+/m0/s1. The predicted octanol–water partition coefficient (Wildman–Crippen LogP) is 2.09. The van der Waals surface area contributed by atoms with Crippen LogP contribution in [0.1, 0.15) is 23.5 Å². The first-order valence-electron chi connectivity index (χ1n) is 5.61. The summed E-state index contributed by atoms with van der Waals surface area (Å²) in [4.78, 5) is 0. The molecule has 1 aliphatic rings. The molecule has 2 rings (SSSR count). The Kier molecular flexibility index (Phi) is 3.39. The maximum Gasteiger partial charge on any atom is 0.0764 e. The normalized spacial score (nSPS) is 26.5. The molecule has 0 radical (unpaired) electrons. The molecule has 0 aromatic heterocycles. The van der Waals surface area contributed by atoms with Gasteiger partial charge < -0.3 is 10.1 Å². The molecule has 2 atom stereocenters. The largest absolute Gasteiger partial charge is 0.379 e. The van der Waals surface area contributed by atoms with Crippen molar-refractivity contribution in [1.82, 2.24) is 5.32 Å². The Labute approximate surface area is 91.6 Å². The van der Waals surface area contributed by atoms with E-state index in [1.807, 2.05) is 0 Å². The van der Waals surface area contributed by atoms with Crippen LogP contribution in [-0.4, -0.2) is 26.3 Å². The van der Waals surface area contributed by atoms with Crippen molar-refractivity contribution in [3.8, 4) is 0 Å². The highest BCUT2D eigenvalue weighted by molar-refractivity contribution is 5.27. The molecule has 0 amide bonds. The summed E-state index contributed by atoms with van der Waals surface area (Å²) in [5, 5.41) is 3.38. The van der Waals surface area contributed by atoms with Gasteiger partial charge in [0.25, 0.3) is 0 Å². The molecule has 1 saturated heterocycles. The van der Waals surface area contributed by atoms with E-state index in [9.17, 15) is 0 Å². The van der Waals surface area contributed by atoms with E-state index in [0.29, 0.717) is 12.0 Å². The molecule has 0 spiro atoms. The molecule has 1 aliphatic heterocycles. The second-order valence-electron chi connectivity index (χ2n) is 4.29. The fraction of sp³-hybridized carbons (Fsp3) is 0.538. The van der Waals surface area contributed by atoms with Crippen molar-refractivity contribution < 1.29 is 4.74 Å². The third kappa shape index (κ3) is 2.39. The number of aryl methyl sites for hydroxylation is 1. The average Bonchev–Trinajstić information content (AvgIpc) is 2.29. The first kappa shape index (κ1) is 10.7. The second-order valence-corrected chi connectivity index (χ2v) is 4.29. The van der Waals surface area contributed by atoms with Crippen LogP contribution in [0.15, 0.2) is 24.3 Å². The lowest BCUT2D eigenvalue weighted by Gasteiger charge is -2.31. The van der Waals surface area contributed by atoms with E-state index in [2.05, 4.69) is 36.5 Å². The second kappa shape index (κ2) is 4.77. The lowest BCUT2D eigenvalue weighted by Crippen LogP contribution is -2.40. The van der Waals surface area contributed by atoms with Gasteiger partial charge in [-0.15, -0.1) is 0 Å². The summed E-state index contributed by atoms with van der Waals surface area (Å²) in [5.74, 6) is 0.552. The van der Waals surface area contributed by atoms with E-state index in [-0.39, 0.29) is 0 Å². The van der Waals surface area contributed by atoms with E-state index < -0.39 is 0 Å². The van der Waals surface area contributed by atoms with Crippen LogP contribution in [0, 0.1) is 6.92 Å². The van der Waals surface area contributed by atoms with Gasteiger partial charge in [0.15, 0.2) is 0 Å². The molecule has 1 fully saturated rings.